The lowest BCUT2D eigenvalue weighted by molar-refractivity contribution is -0.163. The van der Waals surface area contributed by atoms with Crippen molar-refractivity contribution in [2.24, 2.45) is 23.7 Å². The van der Waals surface area contributed by atoms with Gasteiger partial charge in [0, 0.05) is 46.7 Å². The van der Waals surface area contributed by atoms with Gasteiger partial charge in [0.05, 0.1) is 36.4 Å². The van der Waals surface area contributed by atoms with Gasteiger partial charge in [-0.15, -0.1) is 0 Å². The minimum Gasteiger partial charge on any atom is -0.458 e. The summed E-state index contributed by atoms with van der Waals surface area (Å²) in [6, 6.07) is -8.65. The highest BCUT2D eigenvalue weighted by Gasteiger charge is 2.48. The number of ether oxygens (including phenoxy) is 2. The molecule has 4 fully saturated rings. The number of aryl methyl sites for hydroxylation is 1. The Morgan fingerprint density at radius 3 is 1.58 bits per heavy atom. The van der Waals surface area contributed by atoms with Crippen molar-refractivity contribution in [3.05, 3.63) is 44.6 Å². The summed E-state index contributed by atoms with van der Waals surface area (Å²) in [7, 11) is 5.41. The number of carbonyl (C=O) groups excluding carboxylic acids is 13. The SMILES string of the molecule is Cc1c2oc3c(C)ccc(C(=O)N[C@H]4C(=O)N[C@@H](C(C)C)C(=O)N5CCC[C@H]5C(=O)N(C)CC(=O)N(C)[C@@H](C(C)C)C(=O)O[C@@H]4C)c3nc-2c(C(=O)N[C@H]2C(=O)N[C@H](C(C)C)C(=O)N3CC(=O)C[C@H]3C(=O)N(C)CC(=O)N(C)[C@H](C(C)C)C(=O)O[C@H]2C)c(N)c1=O. The van der Waals surface area contributed by atoms with Gasteiger partial charge in [-0.1, -0.05) is 61.5 Å². The number of ketones is 1. The molecule has 5 heterocycles. The molecule has 0 saturated carbocycles. The molecule has 5 aliphatic heterocycles. The zero-order chi connectivity index (χ0) is 67.8. The zero-order valence-electron chi connectivity index (χ0n) is 54.3. The van der Waals surface area contributed by atoms with Crippen LogP contribution in [0, 0.1) is 37.5 Å². The molecule has 10 atom stereocenters. The number of carbonyl (C=O) groups is 13. The first kappa shape index (κ1) is 69.4. The van der Waals surface area contributed by atoms with E-state index in [-0.39, 0.29) is 47.4 Å². The van der Waals surface area contributed by atoms with Crippen LogP contribution in [0.1, 0.15) is 120 Å². The number of amides is 10. The molecule has 1 aromatic rings. The van der Waals surface area contributed by atoms with E-state index in [0.717, 1.165) is 19.6 Å². The van der Waals surface area contributed by atoms with Crippen molar-refractivity contribution >= 4 is 93.6 Å². The third-order valence-corrected chi connectivity index (χ3v) is 17.4. The van der Waals surface area contributed by atoms with E-state index in [0.29, 0.717) is 12.0 Å². The van der Waals surface area contributed by atoms with Crippen LogP contribution in [0.4, 0.5) is 5.69 Å². The van der Waals surface area contributed by atoms with Gasteiger partial charge in [-0.05, 0) is 75.8 Å². The van der Waals surface area contributed by atoms with Gasteiger partial charge < -0.3 is 70.3 Å². The Labute approximate surface area is 526 Å². The number of hydrogen-bond donors (Lipinski definition) is 5. The molecular formula is C62H84N12O17. The number of fused-ring (bicyclic) bond motifs is 4. The van der Waals surface area contributed by atoms with Gasteiger partial charge in [0.2, 0.25) is 52.7 Å². The van der Waals surface area contributed by atoms with E-state index in [2.05, 4.69) is 21.3 Å². The molecule has 6 N–H and O–H groups in total. The van der Waals surface area contributed by atoms with Crippen LogP contribution in [0.3, 0.4) is 0 Å². The molecule has 4 saturated heterocycles. The van der Waals surface area contributed by atoms with Crippen molar-refractivity contribution in [2.75, 3.05) is 60.1 Å². The molecule has 7 rings (SSSR count). The Balaban J connectivity index is 1.33. The first-order valence-electron chi connectivity index (χ1n) is 30.4. The van der Waals surface area contributed by atoms with Crippen molar-refractivity contribution in [3.8, 4) is 11.5 Å². The molecule has 10 amide bonds. The molecule has 29 heteroatoms. The lowest BCUT2D eigenvalue weighted by atomic mass is 9.98. The summed E-state index contributed by atoms with van der Waals surface area (Å²) in [6.45, 7) is 17.2. The molecule has 29 nitrogen and oxygen atoms in total. The number of cyclic esters (lactones) is 2. The molecule has 91 heavy (non-hydrogen) atoms. The molecule has 6 aliphatic rings. The predicted octanol–water partition coefficient (Wildman–Crippen LogP) is -0.0954. The number of Topliss-reactive ketones (excluding diaryl/α,β-unsaturated/α-hetero) is 1. The number of likely N-dealkylation sites (N-methyl/N-ethyl adjacent to an activating group) is 4. The van der Waals surface area contributed by atoms with E-state index in [1.807, 2.05) is 0 Å². The van der Waals surface area contributed by atoms with Crippen LogP contribution >= 0.6 is 0 Å². The van der Waals surface area contributed by atoms with Crippen molar-refractivity contribution in [1.82, 2.24) is 55.7 Å². The normalized spacial score (nSPS) is 26.1. The number of benzene rings is 2. The van der Waals surface area contributed by atoms with E-state index in [9.17, 15) is 57.5 Å². The molecule has 0 spiro atoms. The Morgan fingerprint density at radius 1 is 0.626 bits per heavy atom. The van der Waals surface area contributed by atoms with Crippen LogP contribution < -0.4 is 32.4 Å². The maximum atomic E-state index is 15.2. The van der Waals surface area contributed by atoms with Crippen molar-refractivity contribution in [2.45, 2.75) is 163 Å². The van der Waals surface area contributed by atoms with Gasteiger partial charge in [0.15, 0.2) is 17.1 Å². The van der Waals surface area contributed by atoms with Crippen LogP contribution in [-0.2, 0) is 62.2 Å². The van der Waals surface area contributed by atoms with Gasteiger partial charge in [0.25, 0.3) is 11.8 Å². The van der Waals surface area contributed by atoms with Gasteiger partial charge in [-0.3, -0.25) is 57.5 Å². The van der Waals surface area contributed by atoms with Crippen LogP contribution in [0.15, 0.2) is 21.3 Å². The molecule has 1 aromatic carbocycles. The lowest BCUT2D eigenvalue weighted by Crippen LogP contribution is -2.61. The molecule has 0 bridgehead atoms. The number of aromatic nitrogens is 1. The van der Waals surface area contributed by atoms with Crippen LogP contribution in [0.25, 0.3) is 22.6 Å². The second-order valence-electron chi connectivity index (χ2n) is 25.6. The Hall–Kier alpha value is -9.05. The van der Waals surface area contributed by atoms with Gasteiger partial charge >= 0.3 is 11.9 Å². The molecule has 0 unspecified atom stereocenters. The quantitative estimate of drug-likeness (QED) is 0.112. The van der Waals surface area contributed by atoms with Gasteiger partial charge in [-0.2, -0.15) is 0 Å². The predicted molar refractivity (Wildman–Crippen MR) is 326 cm³/mol. The highest BCUT2D eigenvalue weighted by Crippen LogP contribution is 2.35. The average molecular weight is 1270 g/mol. The molecule has 0 aromatic heterocycles. The fourth-order valence-corrected chi connectivity index (χ4v) is 12.1. The third-order valence-electron chi connectivity index (χ3n) is 17.4. The Bertz CT molecular complexity index is 3510. The number of nitrogens with one attached hydrogen (secondary N) is 4. The summed E-state index contributed by atoms with van der Waals surface area (Å²) in [5, 5.41) is 10.5. The fourth-order valence-electron chi connectivity index (χ4n) is 12.1. The molecular weight excluding hydrogens is 1180 g/mol. The maximum absolute atomic E-state index is 15.2. The fraction of sp³-hybridized carbons (Fsp3) is 0.597. The number of nitrogens with two attached hydrogens (primary N) is 1. The largest absolute Gasteiger partial charge is 0.458 e. The summed E-state index contributed by atoms with van der Waals surface area (Å²) < 4.78 is 18.2. The number of nitrogens with zero attached hydrogens (tertiary/aromatic N) is 7. The monoisotopic (exact) mass is 1270 g/mol. The molecule has 494 valence electrons. The summed E-state index contributed by atoms with van der Waals surface area (Å²) in [4.78, 5) is 212. The Kier molecular flexibility index (Phi) is 21.0. The third kappa shape index (κ3) is 14.0. The number of hydrogen-bond acceptors (Lipinski definition) is 19. The van der Waals surface area contributed by atoms with E-state index in [4.69, 9.17) is 24.6 Å². The smallest absolute Gasteiger partial charge is 0.329 e. The standard InChI is InChI=1S/C62H84N12O17/c1-26(2)42-59(85)73-21-17-18-36(73)57(83)69(13)24-38(76)71(15)48(28(5)6)61(87)89-32(11)44(55(81)65-42)67-53(79)35-20-19-30(9)51-46(35)64-47-40(41(63)50(78)31(10)52(47)91-51)54(80)68-45-33(12)90-62(88)49(29(7)8)72(16)39(77)25-70(14)58(84)37-22-34(75)23-74(37)60(86)43(27(3)4)66-56(45)82/h19-20,26-29,32-33,36-37,42-45,48-49H,17-18,21-25,63H2,1-16H3,(H,65,81)(H,66,82)(H,67,79)(H,68,80)/t32-,33+,36+,37+,42+,43-,44-,45-,48+,49-/m1/s1. The molecule has 0 radical (unpaired) electrons. The van der Waals surface area contributed by atoms with E-state index in [1.54, 1.807) is 62.3 Å². The second-order valence-corrected chi connectivity index (χ2v) is 25.6. The van der Waals surface area contributed by atoms with Crippen molar-refractivity contribution in [3.63, 3.8) is 0 Å². The van der Waals surface area contributed by atoms with Gasteiger partial charge in [-0.25, -0.2) is 14.6 Å². The minimum atomic E-state index is -1.96. The van der Waals surface area contributed by atoms with Crippen LogP contribution in [-0.4, -0.2) is 226 Å². The first-order chi connectivity index (χ1) is 42.5. The number of rotatable bonds is 8. The molecule has 1 aliphatic carbocycles. The summed E-state index contributed by atoms with van der Waals surface area (Å²) in [6.07, 6.45) is -2.83. The van der Waals surface area contributed by atoms with E-state index in [1.165, 1.54) is 70.9 Å². The zero-order valence-corrected chi connectivity index (χ0v) is 54.3. The number of esters is 2. The van der Waals surface area contributed by atoms with Gasteiger partial charge in [0.1, 0.15) is 71.8 Å². The summed E-state index contributed by atoms with van der Waals surface area (Å²) in [5.74, 6) is -13.8. The van der Waals surface area contributed by atoms with Crippen molar-refractivity contribution < 1.29 is 76.2 Å². The highest BCUT2D eigenvalue weighted by molar-refractivity contribution is 6.11. The maximum Gasteiger partial charge on any atom is 0.329 e. The summed E-state index contributed by atoms with van der Waals surface area (Å²) >= 11 is 0. The van der Waals surface area contributed by atoms with E-state index < -0.39 is 203 Å². The minimum absolute atomic E-state index is 0.0979. The first-order valence-corrected chi connectivity index (χ1v) is 30.4. The second kappa shape index (κ2) is 27.6. The van der Waals surface area contributed by atoms with Crippen LogP contribution in [0.2, 0.25) is 0 Å². The Morgan fingerprint density at radius 2 is 1.10 bits per heavy atom. The topological polar surface area (TPSA) is 377 Å². The average Bonchev–Trinajstić information content (AvgIpc) is 1.68. The number of nitrogen functional groups attached to an aromatic ring is 1. The van der Waals surface area contributed by atoms with Crippen LogP contribution in [0.5, 0.6) is 0 Å². The summed E-state index contributed by atoms with van der Waals surface area (Å²) in [5.41, 5.74) is 3.31. The number of anilines is 1. The lowest BCUT2D eigenvalue weighted by Gasteiger charge is -2.36. The highest BCUT2D eigenvalue weighted by atomic mass is 16.6. The van der Waals surface area contributed by atoms with E-state index >= 15 is 9.59 Å². The van der Waals surface area contributed by atoms with Crippen molar-refractivity contribution in [1.29, 1.82) is 0 Å².